The molecule has 3 aromatic rings. The van der Waals surface area contributed by atoms with Gasteiger partial charge in [-0.2, -0.15) is 4.98 Å². The van der Waals surface area contributed by atoms with Crippen molar-refractivity contribution >= 4 is 46.3 Å². The van der Waals surface area contributed by atoms with E-state index in [-0.39, 0.29) is 5.89 Å². The number of nitrogens with zero attached hydrogens (tertiary/aromatic N) is 4. The Morgan fingerprint density at radius 3 is 2.48 bits per heavy atom. The molecule has 5 nitrogen and oxygen atoms in total. The molecular weight excluding hydrogens is 355 g/mol. The fourth-order valence-corrected chi connectivity index (χ4v) is 2.40. The minimum Gasteiger partial charge on any atom is -0.335 e. The molecule has 0 amide bonds. The monoisotopic (exact) mass is 360 g/mol. The minimum absolute atomic E-state index is 0.0346. The zero-order chi connectivity index (χ0) is 14.9. The van der Waals surface area contributed by atoms with E-state index in [1.54, 1.807) is 0 Å². The zero-order valence-electron chi connectivity index (χ0n) is 10.3. The van der Waals surface area contributed by atoms with Crippen LogP contribution in [-0.4, -0.2) is 19.7 Å². The van der Waals surface area contributed by atoms with Gasteiger partial charge in [0, 0.05) is 17.4 Å². The minimum atomic E-state index is -1.70. The van der Waals surface area contributed by atoms with Crippen LogP contribution in [-0.2, 0) is 10.2 Å². The molecule has 2 heterocycles. The average molecular weight is 362 g/mol. The Morgan fingerprint density at radius 1 is 1.14 bits per heavy atom. The Morgan fingerprint density at radius 2 is 1.90 bits per heavy atom. The van der Waals surface area contributed by atoms with E-state index < -0.39 is 3.79 Å². The summed E-state index contributed by atoms with van der Waals surface area (Å²) in [6.45, 7) is 0. The standard InChI is InChI=1S/C12H7Cl3N4OS/c13-12(14,15)11-16-10(18-20-11)5-7-1-3-8(4-2-7)9-6-21-19-17-9/h1-4,6H,5H2. The molecule has 0 saturated heterocycles. The molecule has 0 radical (unpaired) electrons. The van der Waals surface area contributed by atoms with E-state index in [4.69, 9.17) is 39.3 Å². The number of halogens is 3. The molecule has 0 aliphatic rings. The summed E-state index contributed by atoms with van der Waals surface area (Å²) in [4.78, 5) is 4.05. The second-order valence-corrected chi connectivity index (χ2v) is 7.07. The Kier molecular flexibility index (Phi) is 4.12. The largest absolute Gasteiger partial charge is 0.335 e. The third-order valence-electron chi connectivity index (χ3n) is 2.68. The summed E-state index contributed by atoms with van der Waals surface area (Å²) < 4.78 is 7.04. The van der Waals surface area contributed by atoms with Gasteiger partial charge in [0.05, 0.1) is 0 Å². The summed E-state index contributed by atoms with van der Waals surface area (Å²) >= 11 is 18.3. The highest BCUT2D eigenvalue weighted by Gasteiger charge is 2.30. The van der Waals surface area contributed by atoms with Gasteiger partial charge in [-0.3, -0.25) is 0 Å². The summed E-state index contributed by atoms with van der Waals surface area (Å²) in [6, 6.07) is 7.84. The van der Waals surface area contributed by atoms with Gasteiger partial charge in [-0.1, -0.05) is 68.7 Å². The highest BCUT2D eigenvalue weighted by molar-refractivity contribution is 7.03. The number of benzene rings is 1. The predicted molar refractivity (Wildman–Crippen MR) is 81.7 cm³/mol. The Labute approximate surface area is 139 Å². The zero-order valence-corrected chi connectivity index (χ0v) is 13.4. The number of alkyl halides is 3. The maximum Gasteiger partial charge on any atom is 0.278 e. The first-order chi connectivity index (χ1) is 10.0. The molecule has 2 aromatic heterocycles. The number of hydrogen-bond donors (Lipinski definition) is 0. The van der Waals surface area contributed by atoms with Crippen molar-refractivity contribution in [1.29, 1.82) is 0 Å². The lowest BCUT2D eigenvalue weighted by Crippen LogP contribution is -2.00. The van der Waals surface area contributed by atoms with Crippen LogP contribution in [0.5, 0.6) is 0 Å². The van der Waals surface area contributed by atoms with Crippen LogP contribution >= 0.6 is 46.3 Å². The van der Waals surface area contributed by atoms with Crippen molar-refractivity contribution in [3.8, 4) is 11.3 Å². The molecule has 1 aromatic carbocycles. The molecule has 21 heavy (non-hydrogen) atoms. The molecule has 0 saturated carbocycles. The van der Waals surface area contributed by atoms with E-state index in [1.807, 2.05) is 29.6 Å². The van der Waals surface area contributed by atoms with Gasteiger partial charge < -0.3 is 4.52 Å². The topological polar surface area (TPSA) is 64.7 Å². The van der Waals surface area contributed by atoms with Crippen LogP contribution in [0.25, 0.3) is 11.3 Å². The molecule has 3 rings (SSSR count). The van der Waals surface area contributed by atoms with Crippen LogP contribution in [0.2, 0.25) is 0 Å². The third-order valence-corrected chi connectivity index (χ3v) is 3.67. The van der Waals surface area contributed by atoms with Crippen molar-refractivity contribution in [2.24, 2.45) is 0 Å². The molecule has 0 atom stereocenters. The summed E-state index contributed by atoms with van der Waals surface area (Å²) in [5.74, 6) is 0.423. The molecule has 0 N–H and O–H groups in total. The quantitative estimate of drug-likeness (QED) is 0.660. The van der Waals surface area contributed by atoms with E-state index in [0.29, 0.717) is 12.2 Å². The van der Waals surface area contributed by atoms with E-state index in [9.17, 15) is 0 Å². The van der Waals surface area contributed by atoms with Gasteiger partial charge in [0.25, 0.3) is 9.68 Å². The molecule has 108 valence electrons. The normalized spacial score (nSPS) is 11.8. The SMILES string of the molecule is ClC(Cl)(Cl)c1nc(Cc2ccc(-c3csnn3)cc2)no1. The summed E-state index contributed by atoms with van der Waals surface area (Å²) in [5, 5.41) is 9.70. The lowest BCUT2D eigenvalue weighted by Gasteiger charge is -2.01. The average Bonchev–Trinajstić information content (AvgIpc) is 3.09. The highest BCUT2D eigenvalue weighted by Crippen LogP contribution is 2.36. The van der Waals surface area contributed by atoms with Gasteiger partial charge in [-0.25, -0.2) is 0 Å². The summed E-state index contributed by atoms with van der Waals surface area (Å²) in [7, 11) is 0. The van der Waals surface area contributed by atoms with Crippen LogP contribution in [0.3, 0.4) is 0 Å². The number of hydrogen-bond acceptors (Lipinski definition) is 6. The molecule has 0 fully saturated rings. The number of rotatable bonds is 3. The van der Waals surface area contributed by atoms with E-state index in [1.165, 1.54) is 11.5 Å². The molecule has 0 bridgehead atoms. The van der Waals surface area contributed by atoms with Crippen molar-refractivity contribution in [2.75, 3.05) is 0 Å². The smallest absolute Gasteiger partial charge is 0.278 e. The summed E-state index contributed by atoms with van der Waals surface area (Å²) in [6.07, 6.45) is 0.486. The van der Waals surface area contributed by atoms with Crippen molar-refractivity contribution in [2.45, 2.75) is 10.2 Å². The van der Waals surface area contributed by atoms with Gasteiger partial charge >= 0.3 is 0 Å². The Hall–Kier alpha value is -1.21. The van der Waals surface area contributed by atoms with Gasteiger partial charge in [-0.15, -0.1) is 5.10 Å². The van der Waals surface area contributed by atoms with Gasteiger partial charge in [0.1, 0.15) is 5.69 Å². The molecule has 0 unspecified atom stereocenters. The molecule has 0 spiro atoms. The van der Waals surface area contributed by atoms with Crippen LogP contribution < -0.4 is 0 Å². The van der Waals surface area contributed by atoms with Crippen LogP contribution in [0, 0.1) is 0 Å². The van der Waals surface area contributed by atoms with Crippen LogP contribution in [0.4, 0.5) is 0 Å². The number of aromatic nitrogens is 4. The Balaban J connectivity index is 1.75. The van der Waals surface area contributed by atoms with E-state index in [2.05, 4.69) is 19.7 Å². The first kappa shape index (κ1) is 14.7. The molecule has 9 heteroatoms. The van der Waals surface area contributed by atoms with Gasteiger partial charge in [0.2, 0.25) is 0 Å². The maximum absolute atomic E-state index is 5.68. The highest BCUT2D eigenvalue weighted by atomic mass is 35.6. The third kappa shape index (κ3) is 3.52. The van der Waals surface area contributed by atoms with Crippen molar-refractivity contribution in [3.05, 3.63) is 46.9 Å². The second-order valence-electron chi connectivity index (χ2n) is 4.18. The second kappa shape index (κ2) is 5.88. The molecular formula is C12H7Cl3N4OS. The van der Waals surface area contributed by atoms with Crippen molar-refractivity contribution in [1.82, 2.24) is 19.7 Å². The predicted octanol–water partition coefficient (Wildman–Crippen LogP) is 4.01. The van der Waals surface area contributed by atoms with Crippen LogP contribution in [0.1, 0.15) is 17.3 Å². The van der Waals surface area contributed by atoms with Crippen molar-refractivity contribution < 1.29 is 4.52 Å². The van der Waals surface area contributed by atoms with Gasteiger partial charge in [0.15, 0.2) is 5.82 Å². The fraction of sp³-hybridized carbons (Fsp3) is 0.167. The maximum atomic E-state index is 5.68. The van der Waals surface area contributed by atoms with Gasteiger partial charge in [-0.05, 0) is 17.1 Å². The van der Waals surface area contributed by atoms with Crippen molar-refractivity contribution in [3.63, 3.8) is 0 Å². The Bertz CT molecular complexity index is 722. The lowest BCUT2D eigenvalue weighted by molar-refractivity contribution is 0.377. The molecule has 0 aliphatic heterocycles. The van der Waals surface area contributed by atoms with E-state index >= 15 is 0 Å². The molecule has 0 aliphatic carbocycles. The van der Waals surface area contributed by atoms with Crippen LogP contribution in [0.15, 0.2) is 34.2 Å². The van der Waals surface area contributed by atoms with E-state index in [0.717, 1.165) is 16.8 Å². The first-order valence-corrected chi connectivity index (χ1v) is 7.75. The first-order valence-electron chi connectivity index (χ1n) is 5.78. The summed E-state index contributed by atoms with van der Waals surface area (Å²) in [5.41, 5.74) is 2.87. The fourth-order valence-electron chi connectivity index (χ4n) is 1.71. The lowest BCUT2D eigenvalue weighted by atomic mass is 10.1.